The topological polar surface area (TPSA) is 58.6 Å². The van der Waals surface area contributed by atoms with Crippen molar-refractivity contribution in [3.05, 3.63) is 71.8 Å². The van der Waals surface area contributed by atoms with Crippen LogP contribution < -0.4 is 9.64 Å². The van der Waals surface area contributed by atoms with Gasteiger partial charge in [-0.25, -0.2) is 14.4 Å². The Morgan fingerprint density at radius 2 is 1.70 bits per heavy atom. The highest BCUT2D eigenvalue weighted by molar-refractivity contribution is 6.30. The van der Waals surface area contributed by atoms with Crippen LogP contribution in [0, 0.1) is 5.82 Å². The van der Waals surface area contributed by atoms with E-state index in [2.05, 4.69) is 14.9 Å². The molecule has 2 aromatic carbocycles. The van der Waals surface area contributed by atoms with Crippen LogP contribution >= 0.6 is 11.6 Å². The van der Waals surface area contributed by atoms with Crippen molar-refractivity contribution < 1.29 is 13.9 Å². The fourth-order valence-corrected chi connectivity index (χ4v) is 3.38. The third kappa shape index (κ3) is 4.86. The number of piperazine rings is 1. The molecule has 6 nitrogen and oxygen atoms in total. The minimum atomic E-state index is -0.283. The van der Waals surface area contributed by atoms with Gasteiger partial charge >= 0.3 is 0 Å². The summed E-state index contributed by atoms with van der Waals surface area (Å²) in [5, 5.41) is 0.622. The van der Waals surface area contributed by atoms with E-state index < -0.39 is 0 Å². The number of carbonyl (C=O) groups is 1. The summed E-state index contributed by atoms with van der Waals surface area (Å²) in [4.78, 5) is 25.0. The maximum absolute atomic E-state index is 13.2. The average Bonchev–Trinajstić information content (AvgIpc) is 2.79. The van der Waals surface area contributed by atoms with Gasteiger partial charge in [-0.05, 0) is 48.5 Å². The average molecular weight is 427 g/mol. The van der Waals surface area contributed by atoms with Crippen molar-refractivity contribution >= 4 is 23.3 Å². The second kappa shape index (κ2) is 9.09. The van der Waals surface area contributed by atoms with Gasteiger partial charge in [0.05, 0.1) is 5.69 Å². The highest BCUT2D eigenvalue weighted by Gasteiger charge is 2.22. The van der Waals surface area contributed by atoms with Gasteiger partial charge in [-0.2, -0.15) is 0 Å². The molecule has 0 unspecified atom stereocenters. The van der Waals surface area contributed by atoms with Gasteiger partial charge in [-0.15, -0.1) is 0 Å². The Balaban J connectivity index is 1.33. The van der Waals surface area contributed by atoms with Crippen LogP contribution in [-0.4, -0.2) is 53.6 Å². The van der Waals surface area contributed by atoms with E-state index in [1.807, 2.05) is 6.07 Å². The Labute approximate surface area is 178 Å². The first-order valence-corrected chi connectivity index (χ1v) is 9.95. The van der Waals surface area contributed by atoms with Crippen LogP contribution in [0.1, 0.15) is 0 Å². The second-order valence-electron chi connectivity index (χ2n) is 6.88. The molecule has 0 radical (unpaired) electrons. The minimum Gasteiger partial charge on any atom is -0.484 e. The zero-order valence-corrected chi connectivity index (χ0v) is 16.9. The molecular formula is C22H20ClFN4O2. The fraction of sp³-hybridized carbons (Fsp3) is 0.227. The molecule has 0 atom stereocenters. The summed E-state index contributed by atoms with van der Waals surface area (Å²) in [7, 11) is 0. The number of anilines is 1. The first-order chi connectivity index (χ1) is 14.6. The van der Waals surface area contributed by atoms with Crippen LogP contribution in [0.15, 0.2) is 60.9 Å². The molecule has 1 aliphatic heterocycles. The molecule has 4 rings (SSSR count). The van der Waals surface area contributed by atoms with Crippen molar-refractivity contribution in [3.63, 3.8) is 0 Å². The molecule has 1 saturated heterocycles. The largest absolute Gasteiger partial charge is 0.484 e. The van der Waals surface area contributed by atoms with E-state index in [-0.39, 0.29) is 18.3 Å². The Hall–Kier alpha value is -3.19. The van der Waals surface area contributed by atoms with Crippen LogP contribution in [0.5, 0.6) is 5.75 Å². The number of hydrogen-bond donors (Lipinski definition) is 0. The van der Waals surface area contributed by atoms with Crippen LogP contribution in [0.2, 0.25) is 5.02 Å². The van der Waals surface area contributed by atoms with Gasteiger partial charge in [0.25, 0.3) is 5.91 Å². The lowest BCUT2D eigenvalue weighted by molar-refractivity contribution is -0.133. The normalized spacial score (nSPS) is 13.9. The highest BCUT2D eigenvalue weighted by Crippen LogP contribution is 2.22. The lowest BCUT2D eigenvalue weighted by Crippen LogP contribution is -2.50. The number of hydrogen-bond acceptors (Lipinski definition) is 5. The number of aromatic nitrogens is 2. The molecule has 1 fully saturated rings. The van der Waals surface area contributed by atoms with Crippen LogP contribution in [0.25, 0.3) is 11.3 Å². The van der Waals surface area contributed by atoms with Crippen molar-refractivity contribution in [2.75, 3.05) is 37.7 Å². The van der Waals surface area contributed by atoms with E-state index in [1.165, 1.54) is 18.5 Å². The van der Waals surface area contributed by atoms with Gasteiger partial charge in [-0.1, -0.05) is 11.6 Å². The fourth-order valence-electron chi connectivity index (χ4n) is 3.25. The molecule has 0 bridgehead atoms. The molecular weight excluding hydrogens is 407 g/mol. The maximum atomic E-state index is 13.2. The zero-order chi connectivity index (χ0) is 20.9. The molecule has 0 N–H and O–H groups in total. The number of nitrogens with zero attached hydrogens (tertiary/aromatic N) is 4. The summed E-state index contributed by atoms with van der Waals surface area (Å²) >= 11 is 5.85. The molecule has 0 spiro atoms. The number of carbonyl (C=O) groups excluding carboxylic acids is 1. The van der Waals surface area contributed by atoms with E-state index in [0.717, 1.165) is 17.1 Å². The predicted octanol–water partition coefficient (Wildman–Crippen LogP) is 3.66. The molecule has 2 heterocycles. The van der Waals surface area contributed by atoms with Crippen LogP contribution in [0.4, 0.5) is 10.2 Å². The lowest BCUT2D eigenvalue weighted by atomic mass is 10.1. The number of halogens is 2. The maximum Gasteiger partial charge on any atom is 0.260 e. The number of amides is 1. The Kier molecular flexibility index (Phi) is 6.09. The van der Waals surface area contributed by atoms with E-state index >= 15 is 0 Å². The summed E-state index contributed by atoms with van der Waals surface area (Å²) in [6.45, 7) is 2.47. The standard InChI is InChI=1S/C22H20ClFN4O2/c23-17-3-7-19(8-4-17)30-14-22(29)28-11-9-27(10-12-28)21-13-20(25-15-26-21)16-1-5-18(24)6-2-16/h1-8,13,15H,9-12,14H2. The third-order valence-corrected chi connectivity index (χ3v) is 5.18. The van der Waals surface area contributed by atoms with Crippen LogP contribution in [0.3, 0.4) is 0 Å². The molecule has 30 heavy (non-hydrogen) atoms. The Morgan fingerprint density at radius 3 is 2.40 bits per heavy atom. The lowest BCUT2D eigenvalue weighted by Gasteiger charge is -2.35. The molecule has 1 amide bonds. The molecule has 8 heteroatoms. The van der Waals surface area contributed by atoms with Crippen molar-refractivity contribution in [3.8, 4) is 17.0 Å². The molecule has 154 valence electrons. The number of benzene rings is 2. The van der Waals surface area contributed by atoms with E-state index in [0.29, 0.717) is 37.0 Å². The van der Waals surface area contributed by atoms with Gasteiger partial charge in [0.15, 0.2) is 6.61 Å². The van der Waals surface area contributed by atoms with E-state index in [9.17, 15) is 9.18 Å². The second-order valence-corrected chi connectivity index (χ2v) is 7.32. The van der Waals surface area contributed by atoms with Crippen molar-refractivity contribution in [1.82, 2.24) is 14.9 Å². The van der Waals surface area contributed by atoms with Crippen molar-refractivity contribution in [1.29, 1.82) is 0 Å². The monoisotopic (exact) mass is 426 g/mol. The van der Waals surface area contributed by atoms with Gasteiger partial charge in [0.1, 0.15) is 23.7 Å². The SMILES string of the molecule is O=C(COc1ccc(Cl)cc1)N1CCN(c2cc(-c3ccc(F)cc3)ncn2)CC1. The first kappa shape index (κ1) is 20.1. The third-order valence-electron chi connectivity index (χ3n) is 4.92. The molecule has 0 aliphatic carbocycles. The van der Waals surface area contributed by atoms with E-state index in [1.54, 1.807) is 41.3 Å². The minimum absolute atomic E-state index is 0.0101. The summed E-state index contributed by atoms with van der Waals surface area (Å²) in [6.07, 6.45) is 1.51. The van der Waals surface area contributed by atoms with Gasteiger partial charge < -0.3 is 14.5 Å². The first-order valence-electron chi connectivity index (χ1n) is 9.57. The van der Waals surface area contributed by atoms with Crippen LogP contribution in [-0.2, 0) is 4.79 Å². The summed E-state index contributed by atoms with van der Waals surface area (Å²) in [5.74, 6) is 1.06. The quantitative estimate of drug-likeness (QED) is 0.623. The Morgan fingerprint density at radius 1 is 1.00 bits per heavy atom. The van der Waals surface area contributed by atoms with E-state index in [4.69, 9.17) is 16.3 Å². The molecule has 1 aromatic heterocycles. The molecule has 1 aliphatic rings. The molecule has 0 saturated carbocycles. The summed E-state index contributed by atoms with van der Waals surface area (Å²) in [6, 6.07) is 15.0. The number of rotatable bonds is 5. The number of ether oxygens (including phenoxy) is 1. The van der Waals surface area contributed by atoms with Gasteiger partial charge in [0.2, 0.25) is 0 Å². The van der Waals surface area contributed by atoms with Crippen molar-refractivity contribution in [2.45, 2.75) is 0 Å². The van der Waals surface area contributed by atoms with Gasteiger partial charge in [-0.3, -0.25) is 4.79 Å². The molecule has 3 aromatic rings. The smallest absolute Gasteiger partial charge is 0.260 e. The van der Waals surface area contributed by atoms with Crippen molar-refractivity contribution in [2.24, 2.45) is 0 Å². The van der Waals surface area contributed by atoms with Gasteiger partial charge in [0, 0.05) is 42.8 Å². The highest BCUT2D eigenvalue weighted by atomic mass is 35.5. The predicted molar refractivity (Wildman–Crippen MR) is 113 cm³/mol. The summed E-state index contributed by atoms with van der Waals surface area (Å²) < 4.78 is 18.7. The Bertz CT molecular complexity index is 1010. The zero-order valence-electron chi connectivity index (χ0n) is 16.2. The summed E-state index contributed by atoms with van der Waals surface area (Å²) in [5.41, 5.74) is 1.56.